The molecule has 0 N–H and O–H groups in total. The van der Waals surface area contributed by atoms with E-state index in [2.05, 4.69) is 17.8 Å². The van der Waals surface area contributed by atoms with Gasteiger partial charge >= 0.3 is 0 Å². The smallest absolute Gasteiger partial charge is 0.264 e. The molecule has 0 aromatic carbocycles. The molecule has 0 radical (unpaired) electrons. The lowest BCUT2D eigenvalue weighted by Gasteiger charge is -2.21. The molecule has 8 nitrogen and oxygen atoms in total. The second-order valence-corrected chi connectivity index (χ2v) is 5.12. The summed E-state index contributed by atoms with van der Waals surface area (Å²) >= 11 is 0. The van der Waals surface area contributed by atoms with E-state index < -0.39 is 58.4 Å². The normalized spacial score (nSPS) is 55.5. The minimum Gasteiger partial charge on any atom is -0.353 e. The van der Waals surface area contributed by atoms with Crippen molar-refractivity contribution in [1.29, 1.82) is 0 Å². The van der Waals surface area contributed by atoms with Gasteiger partial charge in [-0.05, 0) is 0 Å². The second kappa shape index (κ2) is 5.59. The van der Waals surface area contributed by atoms with E-state index in [9.17, 15) is 16.8 Å². The highest BCUT2D eigenvalue weighted by Crippen LogP contribution is 2.14. The first-order valence-corrected chi connectivity index (χ1v) is 6.81. The van der Waals surface area contributed by atoms with Crippen LogP contribution in [0.5, 0.6) is 0 Å². The fraction of sp³-hybridized carbons (Fsp3) is 1.00. The summed E-state index contributed by atoms with van der Waals surface area (Å²) in [4.78, 5) is 0. The van der Waals surface area contributed by atoms with Crippen molar-refractivity contribution in [1.82, 2.24) is 0 Å². The van der Waals surface area contributed by atoms with Crippen LogP contribution >= 0.6 is 0 Å². The Morgan fingerprint density at radius 2 is 1.65 bits per heavy atom. The summed E-state index contributed by atoms with van der Waals surface area (Å²) in [6.07, 6.45) is -12.8. The van der Waals surface area contributed by atoms with E-state index in [4.69, 9.17) is 15.1 Å². The van der Waals surface area contributed by atoms with Crippen molar-refractivity contribution in [3.63, 3.8) is 0 Å². The topological polar surface area (TPSA) is 105 Å². The molecule has 10 heteroatoms. The van der Waals surface area contributed by atoms with Crippen molar-refractivity contribution in [2.24, 2.45) is 0 Å². The maximum atomic E-state index is 11.9. The lowest BCUT2D eigenvalue weighted by Crippen LogP contribution is -2.39. The van der Waals surface area contributed by atoms with Crippen LogP contribution in [0.2, 0.25) is 0 Å². The van der Waals surface area contributed by atoms with Crippen LogP contribution in [-0.4, -0.2) is 61.3 Å². The summed E-state index contributed by atoms with van der Waals surface area (Å²) in [5.41, 5.74) is 0. The Bertz CT molecular complexity index is 835. The molecular formula is C7H14O8S2. The first-order valence-electron chi connectivity index (χ1n) is 9.09. The van der Waals surface area contributed by atoms with Crippen molar-refractivity contribution < 1.29 is 49.8 Å². The Morgan fingerprint density at radius 1 is 1.18 bits per heavy atom. The third kappa shape index (κ3) is 6.29. The van der Waals surface area contributed by atoms with Gasteiger partial charge in [0.2, 0.25) is 0 Å². The number of hydrogen-bond donors (Lipinski definition) is 0. The molecule has 0 aliphatic carbocycles. The molecule has 0 bridgehead atoms. The summed E-state index contributed by atoms with van der Waals surface area (Å²) < 4.78 is 144. The summed E-state index contributed by atoms with van der Waals surface area (Å²) in [6, 6.07) is 0. The van der Waals surface area contributed by atoms with Gasteiger partial charge < -0.3 is 9.47 Å². The Balaban J connectivity index is 3.95. The Hall–Kier alpha value is -0.260. The molecule has 0 spiro atoms. The van der Waals surface area contributed by atoms with Gasteiger partial charge in [0.1, 0.15) is 18.9 Å². The lowest BCUT2D eigenvalue weighted by molar-refractivity contribution is -0.0416. The van der Waals surface area contributed by atoms with Gasteiger partial charge in [0.25, 0.3) is 20.2 Å². The van der Waals surface area contributed by atoms with Crippen LogP contribution in [-0.2, 0) is 38.1 Å². The van der Waals surface area contributed by atoms with Gasteiger partial charge in [-0.25, -0.2) is 0 Å². The minimum absolute atomic E-state index is 0.202. The highest BCUT2D eigenvalue weighted by molar-refractivity contribution is 7.86. The summed E-state index contributed by atoms with van der Waals surface area (Å²) in [5.74, 6) is 0. The van der Waals surface area contributed by atoms with Crippen LogP contribution in [0, 0.1) is 0 Å². The molecule has 0 aromatic rings. The van der Waals surface area contributed by atoms with Crippen LogP contribution in [0.15, 0.2) is 0 Å². The van der Waals surface area contributed by atoms with Crippen molar-refractivity contribution >= 4 is 20.2 Å². The molecule has 1 aliphatic rings. The molecule has 1 heterocycles. The van der Waals surface area contributed by atoms with Crippen molar-refractivity contribution in [3.8, 4) is 0 Å². The van der Waals surface area contributed by atoms with E-state index in [-0.39, 0.29) is 6.26 Å². The number of ether oxygens (including phenoxy) is 2. The molecule has 0 aromatic heterocycles. The molecule has 1 rings (SSSR count). The first-order chi connectivity index (χ1) is 11.8. The third-order valence-electron chi connectivity index (χ3n) is 1.00. The summed E-state index contributed by atoms with van der Waals surface area (Å²) in [7, 11) is -11.0. The summed E-state index contributed by atoms with van der Waals surface area (Å²) in [5, 5.41) is 0. The quantitative estimate of drug-likeness (QED) is 0.589. The maximum absolute atomic E-state index is 11.9. The molecule has 0 amide bonds. The van der Waals surface area contributed by atoms with Gasteiger partial charge in [-0.15, -0.1) is 0 Å². The van der Waals surface area contributed by atoms with Crippen LogP contribution in [0.25, 0.3) is 0 Å². The Kier molecular flexibility index (Phi) is 1.77. The van der Waals surface area contributed by atoms with Crippen molar-refractivity contribution in [2.75, 3.05) is 32.3 Å². The van der Waals surface area contributed by atoms with E-state index in [1.54, 1.807) is 0 Å². The number of hydrogen-bond acceptors (Lipinski definition) is 8. The summed E-state index contributed by atoms with van der Waals surface area (Å²) in [6.45, 7) is -12.2. The van der Waals surface area contributed by atoms with Crippen molar-refractivity contribution in [2.45, 2.75) is 12.2 Å². The number of rotatable bonds is 4. The molecule has 0 saturated carbocycles. The molecule has 1 fully saturated rings. The fourth-order valence-electron chi connectivity index (χ4n) is 0.619. The zero-order chi connectivity index (χ0) is 22.8. The SMILES string of the molecule is [2H]C1([2H])OC([2H])([2H])[C@@]([2H])(OS(C)(=O)=O)[C@]([2H])(OS(=O)(=O)C([2H])([2H])[2H])C([2H])([2H])O1. The van der Waals surface area contributed by atoms with Crippen molar-refractivity contribution in [3.05, 3.63) is 0 Å². The molecule has 2 atom stereocenters. The molecule has 1 aliphatic heterocycles. The van der Waals surface area contributed by atoms with Crippen LogP contribution in [0.4, 0.5) is 0 Å². The van der Waals surface area contributed by atoms with Gasteiger partial charge in [0.05, 0.1) is 36.5 Å². The van der Waals surface area contributed by atoms with E-state index in [1.807, 2.05) is 0 Å². The van der Waals surface area contributed by atoms with Crippen LogP contribution < -0.4 is 0 Å². The molecule has 0 unspecified atom stereocenters. The van der Waals surface area contributed by atoms with Gasteiger partial charge in [-0.3, -0.25) is 8.37 Å². The molecule has 1 saturated heterocycles. The average molecular weight is 301 g/mol. The minimum atomic E-state index is -6.00. The van der Waals surface area contributed by atoms with Gasteiger partial charge in [-0.2, -0.15) is 16.8 Å². The van der Waals surface area contributed by atoms with Crippen LogP contribution in [0.1, 0.15) is 15.1 Å². The Morgan fingerprint density at radius 3 is 2.06 bits per heavy atom. The Labute approximate surface area is 116 Å². The molecular weight excluding hydrogens is 276 g/mol. The average Bonchev–Trinajstić information content (AvgIpc) is 2.32. The fourth-order valence-corrected chi connectivity index (χ4v) is 1.36. The predicted molar refractivity (Wildman–Crippen MR) is 56.2 cm³/mol. The van der Waals surface area contributed by atoms with Gasteiger partial charge in [0.15, 0.2) is 0 Å². The zero-order valence-corrected chi connectivity index (χ0v) is 9.72. The largest absolute Gasteiger partial charge is 0.353 e. The highest BCUT2D eigenvalue weighted by atomic mass is 32.2. The predicted octanol–water partition coefficient (Wildman–Crippen LogP) is -1.32. The monoisotopic (exact) mass is 301 g/mol. The standard InChI is InChI=1S/C7H14O8S2/c1-16(8,9)14-6-3-12-5-13-4-7(6)15-17(2,10)11/h6-7H,3-5H2,1-2H3/t6-,7-/m1/s1/i1D3,3D2,4D2,5D2,6D,7D. The van der Waals surface area contributed by atoms with Gasteiger partial charge in [-0.1, -0.05) is 0 Å². The molecule has 102 valence electrons. The molecule has 17 heavy (non-hydrogen) atoms. The lowest BCUT2D eigenvalue weighted by atomic mass is 10.2. The highest BCUT2D eigenvalue weighted by Gasteiger charge is 2.32. The second-order valence-electron chi connectivity index (χ2n) is 2.47. The van der Waals surface area contributed by atoms with E-state index in [1.165, 1.54) is 0 Å². The van der Waals surface area contributed by atoms with E-state index >= 15 is 0 Å². The van der Waals surface area contributed by atoms with Crippen LogP contribution in [0.3, 0.4) is 0 Å². The van der Waals surface area contributed by atoms with E-state index in [0.717, 1.165) is 0 Å². The first kappa shape index (κ1) is 5.39. The van der Waals surface area contributed by atoms with E-state index in [0.29, 0.717) is 0 Å². The maximum Gasteiger partial charge on any atom is 0.264 e. The zero-order valence-electron chi connectivity index (χ0n) is 19.1. The van der Waals surface area contributed by atoms with Gasteiger partial charge in [0, 0.05) is 4.11 Å². The third-order valence-corrected chi connectivity index (χ3v) is 1.86.